The highest BCUT2D eigenvalue weighted by atomic mass is 16.3. The van der Waals surface area contributed by atoms with E-state index in [0.717, 1.165) is 39.0 Å². The molecule has 0 amide bonds. The van der Waals surface area contributed by atoms with Crippen LogP contribution in [-0.2, 0) is 24.9 Å². The quantitative estimate of drug-likeness (QED) is 0.438. The van der Waals surface area contributed by atoms with E-state index in [4.69, 9.17) is 4.42 Å². The standard InChI is InChI=1S/C20H17NO3/c1-11-8-12-6-7-15(22)19(23)18(12)20(11)9-17-14(10-21-20)13-4-2-3-5-16(13)24-17/h2-7,21-23H,1,8-10H2. The van der Waals surface area contributed by atoms with Crippen LogP contribution in [0.1, 0.15) is 22.5 Å². The van der Waals surface area contributed by atoms with Crippen molar-refractivity contribution in [3.8, 4) is 11.5 Å². The second kappa shape index (κ2) is 4.42. The third kappa shape index (κ3) is 1.56. The molecule has 2 heterocycles. The zero-order valence-corrected chi connectivity index (χ0v) is 13.1. The number of phenols is 2. The Hall–Kier alpha value is -2.72. The Morgan fingerprint density at radius 3 is 2.83 bits per heavy atom. The van der Waals surface area contributed by atoms with Crippen LogP contribution in [0.5, 0.6) is 11.5 Å². The lowest BCUT2D eigenvalue weighted by atomic mass is 9.80. The van der Waals surface area contributed by atoms with Gasteiger partial charge in [-0.05, 0) is 29.7 Å². The summed E-state index contributed by atoms with van der Waals surface area (Å²) >= 11 is 0. The Balaban J connectivity index is 1.72. The van der Waals surface area contributed by atoms with E-state index in [-0.39, 0.29) is 11.5 Å². The minimum absolute atomic E-state index is 0.0572. The number of nitrogens with one attached hydrogen (secondary N) is 1. The minimum atomic E-state index is -0.584. The highest BCUT2D eigenvalue weighted by Crippen LogP contribution is 2.51. The summed E-state index contributed by atoms with van der Waals surface area (Å²) in [5.74, 6) is 0.768. The zero-order chi connectivity index (χ0) is 16.5. The van der Waals surface area contributed by atoms with Gasteiger partial charge in [0.25, 0.3) is 0 Å². The number of benzene rings is 2. The molecule has 1 aliphatic carbocycles. The van der Waals surface area contributed by atoms with Crippen molar-refractivity contribution in [1.82, 2.24) is 5.32 Å². The Morgan fingerprint density at radius 1 is 1.12 bits per heavy atom. The SMILES string of the molecule is C=C1Cc2ccc(O)c(O)c2C12Cc1oc3ccccc3c1CN2. The van der Waals surface area contributed by atoms with Crippen LogP contribution in [0.3, 0.4) is 0 Å². The van der Waals surface area contributed by atoms with Crippen LogP contribution in [0.2, 0.25) is 0 Å². The molecule has 0 fully saturated rings. The highest BCUT2D eigenvalue weighted by Gasteiger charge is 2.47. The molecule has 2 aromatic carbocycles. The van der Waals surface area contributed by atoms with Gasteiger partial charge in [-0.15, -0.1) is 0 Å². The number of furan rings is 1. The Labute approximate surface area is 139 Å². The summed E-state index contributed by atoms with van der Waals surface area (Å²) in [5.41, 5.74) is 4.19. The van der Waals surface area contributed by atoms with Crippen molar-refractivity contribution in [3.63, 3.8) is 0 Å². The molecule has 0 saturated carbocycles. The number of hydrogen-bond acceptors (Lipinski definition) is 4. The summed E-state index contributed by atoms with van der Waals surface area (Å²) in [6.07, 6.45) is 1.27. The Kier molecular flexibility index (Phi) is 2.52. The van der Waals surface area contributed by atoms with Gasteiger partial charge in [0.05, 0.1) is 5.54 Å². The predicted octanol–water partition coefficient (Wildman–Crippen LogP) is 3.50. The van der Waals surface area contributed by atoms with Crippen LogP contribution in [-0.4, -0.2) is 10.2 Å². The van der Waals surface area contributed by atoms with Gasteiger partial charge in [0, 0.05) is 29.5 Å². The molecule has 4 heteroatoms. The number of hydrogen-bond donors (Lipinski definition) is 3. The molecule has 1 atom stereocenters. The maximum Gasteiger partial charge on any atom is 0.163 e. The van der Waals surface area contributed by atoms with Gasteiger partial charge in [-0.1, -0.05) is 30.8 Å². The summed E-state index contributed by atoms with van der Waals surface area (Å²) < 4.78 is 6.09. The van der Waals surface area contributed by atoms with Crippen LogP contribution < -0.4 is 5.32 Å². The molecule has 5 rings (SSSR count). The molecule has 1 aromatic heterocycles. The number of phenolic OH excluding ortho intramolecular Hbond substituents is 2. The first-order chi connectivity index (χ1) is 11.6. The number of rotatable bonds is 0. The van der Waals surface area contributed by atoms with Gasteiger partial charge in [-0.25, -0.2) is 0 Å². The molecule has 0 bridgehead atoms. The first-order valence-electron chi connectivity index (χ1n) is 8.07. The van der Waals surface area contributed by atoms with E-state index in [1.54, 1.807) is 0 Å². The van der Waals surface area contributed by atoms with Crippen molar-refractivity contribution in [2.45, 2.75) is 24.9 Å². The molecular weight excluding hydrogens is 302 g/mol. The minimum Gasteiger partial charge on any atom is -0.504 e. The lowest BCUT2D eigenvalue weighted by Crippen LogP contribution is -2.46. The highest BCUT2D eigenvalue weighted by molar-refractivity contribution is 5.82. The maximum absolute atomic E-state index is 10.5. The molecule has 0 radical (unpaired) electrons. The fourth-order valence-electron chi connectivity index (χ4n) is 4.26. The lowest BCUT2D eigenvalue weighted by Gasteiger charge is -2.36. The Bertz CT molecular complexity index is 1020. The molecule has 3 aromatic rings. The summed E-state index contributed by atoms with van der Waals surface area (Å²) in [4.78, 5) is 0. The van der Waals surface area contributed by atoms with Crippen LogP contribution in [0, 0.1) is 0 Å². The smallest absolute Gasteiger partial charge is 0.163 e. The van der Waals surface area contributed by atoms with Crippen molar-refractivity contribution < 1.29 is 14.6 Å². The summed E-state index contributed by atoms with van der Waals surface area (Å²) in [6.45, 7) is 4.89. The summed E-state index contributed by atoms with van der Waals surface area (Å²) in [7, 11) is 0. The topological polar surface area (TPSA) is 65.6 Å². The molecule has 1 spiro atoms. The van der Waals surface area contributed by atoms with Crippen molar-refractivity contribution in [2.24, 2.45) is 0 Å². The summed E-state index contributed by atoms with van der Waals surface area (Å²) in [5, 5.41) is 25.1. The van der Waals surface area contributed by atoms with Crippen molar-refractivity contribution in [3.05, 3.63) is 71.0 Å². The molecule has 3 N–H and O–H groups in total. The van der Waals surface area contributed by atoms with E-state index < -0.39 is 5.54 Å². The zero-order valence-electron chi connectivity index (χ0n) is 13.1. The monoisotopic (exact) mass is 319 g/mol. The van der Waals surface area contributed by atoms with E-state index in [2.05, 4.69) is 18.0 Å². The van der Waals surface area contributed by atoms with Crippen LogP contribution in [0.25, 0.3) is 11.0 Å². The molecule has 24 heavy (non-hydrogen) atoms. The van der Waals surface area contributed by atoms with Crippen LogP contribution in [0.4, 0.5) is 0 Å². The van der Waals surface area contributed by atoms with Crippen LogP contribution in [0.15, 0.2) is 53.0 Å². The predicted molar refractivity (Wildman–Crippen MR) is 91.1 cm³/mol. The third-order valence-corrected chi connectivity index (χ3v) is 5.45. The number of fused-ring (bicyclic) bond motifs is 5. The average molecular weight is 319 g/mol. The van der Waals surface area contributed by atoms with E-state index in [1.807, 2.05) is 24.3 Å². The lowest BCUT2D eigenvalue weighted by molar-refractivity contribution is 0.320. The van der Waals surface area contributed by atoms with Crippen molar-refractivity contribution in [1.29, 1.82) is 0 Å². The van der Waals surface area contributed by atoms with Gasteiger partial charge in [-0.2, -0.15) is 0 Å². The largest absolute Gasteiger partial charge is 0.504 e. The average Bonchev–Trinajstić information content (AvgIpc) is 3.07. The second-order valence-corrected chi connectivity index (χ2v) is 6.68. The van der Waals surface area contributed by atoms with Gasteiger partial charge in [0.1, 0.15) is 11.3 Å². The second-order valence-electron chi connectivity index (χ2n) is 6.68. The Morgan fingerprint density at radius 2 is 1.96 bits per heavy atom. The molecule has 0 saturated heterocycles. The van der Waals surface area contributed by atoms with E-state index in [1.165, 1.54) is 6.07 Å². The van der Waals surface area contributed by atoms with E-state index in [9.17, 15) is 10.2 Å². The van der Waals surface area contributed by atoms with Crippen molar-refractivity contribution in [2.75, 3.05) is 0 Å². The van der Waals surface area contributed by atoms with Gasteiger partial charge in [-0.3, -0.25) is 5.32 Å². The normalized spacial score (nSPS) is 22.1. The number of para-hydroxylation sites is 1. The van der Waals surface area contributed by atoms with Gasteiger partial charge in [0.2, 0.25) is 0 Å². The molecule has 1 unspecified atom stereocenters. The van der Waals surface area contributed by atoms with Gasteiger partial charge < -0.3 is 14.6 Å². The first kappa shape index (κ1) is 13.7. The first-order valence-corrected chi connectivity index (χ1v) is 8.07. The molecule has 4 nitrogen and oxygen atoms in total. The van der Waals surface area contributed by atoms with Crippen molar-refractivity contribution >= 4 is 11.0 Å². The van der Waals surface area contributed by atoms with Gasteiger partial charge >= 0.3 is 0 Å². The summed E-state index contributed by atoms with van der Waals surface area (Å²) in [6, 6.07) is 11.4. The molecule has 1 aliphatic heterocycles. The van der Waals surface area contributed by atoms with Gasteiger partial charge in [0.15, 0.2) is 11.5 Å². The van der Waals surface area contributed by atoms with Crippen LogP contribution >= 0.6 is 0 Å². The van der Waals surface area contributed by atoms with E-state index >= 15 is 0 Å². The molecular formula is C20H17NO3. The third-order valence-electron chi connectivity index (χ3n) is 5.45. The number of aromatic hydroxyl groups is 2. The van der Waals surface area contributed by atoms with E-state index in [0.29, 0.717) is 19.4 Å². The fraction of sp³-hybridized carbons (Fsp3) is 0.200. The fourth-order valence-corrected chi connectivity index (χ4v) is 4.26. The molecule has 120 valence electrons. The maximum atomic E-state index is 10.5. The molecule has 2 aliphatic rings.